The van der Waals surface area contributed by atoms with E-state index >= 15 is 0 Å². The number of aromatic amines is 1. The molecule has 0 aliphatic carbocycles. The molecule has 6 nitrogen and oxygen atoms in total. The minimum absolute atomic E-state index is 0.430. The quantitative estimate of drug-likeness (QED) is 0.444. The molecule has 124 valence electrons. The highest BCUT2D eigenvalue weighted by Gasteiger charge is 2.34. The third-order valence-corrected chi connectivity index (χ3v) is 3.32. The van der Waals surface area contributed by atoms with E-state index in [0.717, 1.165) is 0 Å². The summed E-state index contributed by atoms with van der Waals surface area (Å²) in [6.45, 7) is 10.9. The van der Waals surface area contributed by atoms with Crippen LogP contribution in [0.1, 0.15) is 41.5 Å². The topological polar surface area (TPSA) is 83.2 Å². The molecule has 1 amide bonds. The van der Waals surface area contributed by atoms with Gasteiger partial charge in [-0.1, -0.05) is 0 Å². The molecule has 1 atom stereocenters. The highest BCUT2D eigenvalue weighted by molar-refractivity contribution is 7.73. The standard InChI is InChI=1S/C14H23N3O3S2/c1-13(2,3)17-9(11(19)20-14(4,5)6)10(18)15-8-7-22-12(21)16-8/h7,9,17H,1-6H3,(H,15,18)(H,16,21). The summed E-state index contributed by atoms with van der Waals surface area (Å²) < 4.78 is 5.87. The summed E-state index contributed by atoms with van der Waals surface area (Å²) >= 11 is 6.26. The van der Waals surface area contributed by atoms with E-state index < -0.39 is 29.1 Å². The van der Waals surface area contributed by atoms with Crippen LogP contribution in [0.5, 0.6) is 0 Å². The predicted octanol–water partition coefficient (Wildman–Crippen LogP) is 2.84. The number of ether oxygens (including phenoxy) is 1. The molecule has 0 fully saturated rings. The Balaban J connectivity index is 2.91. The molecule has 1 heterocycles. The average Bonchev–Trinajstić information content (AvgIpc) is 2.68. The molecule has 0 saturated heterocycles. The first-order valence-electron chi connectivity index (χ1n) is 6.87. The zero-order valence-corrected chi connectivity index (χ0v) is 15.3. The number of carbonyl (C=O) groups is 2. The second kappa shape index (κ2) is 6.89. The average molecular weight is 345 g/mol. The van der Waals surface area contributed by atoms with Gasteiger partial charge in [0.05, 0.1) is 0 Å². The second-order valence-electron chi connectivity index (χ2n) is 6.91. The van der Waals surface area contributed by atoms with Crippen LogP contribution in [0.4, 0.5) is 5.82 Å². The molecule has 0 bridgehead atoms. The summed E-state index contributed by atoms with van der Waals surface area (Å²) in [6, 6.07) is -1.11. The van der Waals surface area contributed by atoms with Crippen molar-refractivity contribution in [3.8, 4) is 0 Å². The van der Waals surface area contributed by atoms with Crippen LogP contribution in [0.15, 0.2) is 5.38 Å². The number of carbonyl (C=O) groups excluding carboxylic acids is 2. The Labute approximate surface area is 139 Å². The summed E-state index contributed by atoms with van der Waals surface area (Å²) in [5.74, 6) is -0.647. The fourth-order valence-corrected chi connectivity index (χ4v) is 2.34. The molecule has 0 aliphatic heterocycles. The van der Waals surface area contributed by atoms with Crippen LogP contribution in [0, 0.1) is 3.95 Å². The van der Waals surface area contributed by atoms with Crippen molar-refractivity contribution in [2.24, 2.45) is 0 Å². The van der Waals surface area contributed by atoms with E-state index in [1.54, 1.807) is 26.2 Å². The minimum atomic E-state index is -1.11. The summed E-state index contributed by atoms with van der Waals surface area (Å²) in [5.41, 5.74) is -1.10. The van der Waals surface area contributed by atoms with E-state index in [9.17, 15) is 9.59 Å². The number of hydrogen-bond acceptors (Lipinski definition) is 6. The first-order chi connectivity index (χ1) is 9.87. The Hall–Kier alpha value is -1.25. The van der Waals surface area contributed by atoms with Gasteiger partial charge in [-0.3, -0.25) is 10.1 Å². The second-order valence-corrected chi connectivity index (χ2v) is 8.46. The van der Waals surface area contributed by atoms with Gasteiger partial charge in [-0.05, 0) is 53.8 Å². The van der Waals surface area contributed by atoms with Gasteiger partial charge in [0.15, 0.2) is 10.00 Å². The third-order valence-electron chi connectivity index (χ3n) is 2.26. The lowest BCUT2D eigenvalue weighted by atomic mass is 10.1. The lowest BCUT2D eigenvalue weighted by Gasteiger charge is -2.29. The molecule has 0 saturated carbocycles. The van der Waals surface area contributed by atoms with Crippen molar-refractivity contribution < 1.29 is 14.3 Å². The van der Waals surface area contributed by atoms with Crippen molar-refractivity contribution in [1.29, 1.82) is 0 Å². The van der Waals surface area contributed by atoms with E-state index in [1.807, 2.05) is 20.8 Å². The monoisotopic (exact) mass is 345 g/mol. The van der Waals surface area contributed by atoms with Gasteiger partial charge in [-0.2, -0.15) is 0 Å². The third kappa shape index (κ3) is 6.67. The fraction of sp³-hybridized carbons (Fsp3) is 0.643. The zero-order valence-electron chi connectivity index (χ0n) is 13.7. The van der Waals surface area contributed by atoms with Gasteiger partial charge >= 0.3 is 5.97 Å². The Morgan fingerprint density at radius 3 is 2.27 bits per heavy atom. The summed E-state index contributed by atoms with van der Waals surface area (Å²) in [6.07, 6.45) is 0. The number of amides is 1. The number of rotatable bonds is 4. The van der Waals surface area contributed by atoms with E-state index in [1.165, 1.54) is 11.3 Å². The minimum Gasteiger partial charge on any atom is -0.458 e. The number of H-pyrrole nitrogens is 1. The van der Waals surface area contributed by atoms with E-state index in [2.05, 4.69) is 15.6 Å². The van der Waals surface area contributed by atoms with E-state index in [0.29, 0.717) is 9.77 Å². The summed E-state index contributed by atoms with van der Waals surface area (Å²) in [7, 11) is 0. The van der Waals surface area contributed by atoms with Gasteiger partial charge in [0.1, 0.15) is 11.4 Å². The van der Waals surface area contributed by atoms with E-state index in [4.69, 9.17) is 17.0 Å². The maximum absolute atomic E-state index is 12.4. The Bertz CT molecular complexity index is 593. The lowest BCUT2D eigenvalue weighted by Crippen LogP contribution is -2.55. The maximum atomic E-state index is 12.4. The number of anilines is 1. The Morgan fingerprint density at radius 2 is 1.86 bits per heavy atom. The van der Waals surface area contributed by atoms with Crippen molar-refractivity contribution in [1.82, 2.24) is 10.3 Å². The van der Waals surface area contributed by atoms with Gasteiger partial charge in [0.25, 0.3) is 5.91 Å². The SMILES string of the molecule is CC(C)(C)NC(C(=O)Nc1csc(=S)[nH]1)C(=O)OC(C)(C)C. The summed E-state index contributed by atoms with van der Waals surface area (Å²) in [4.78, 5) is 27.5. The van der Waals surface area contributed by atoms with Crippen LogP contribution in [0.3, 0.4) is 0 Å². The van der Waals surface area contributed by atoms with Crippen LogP contribution in [0.2, 0.25) is 0 Å². The van der Waals surface area contributed by atoms with Gasteiger partial charge in [-0.25, -0.2) is 4.79 Å². The van der Waals surface area contributed by atoms with Crippen LogP contribution in [-0.2, 0) is 14.3 Å². The van der Waals surface area contributed by atoms with Gasteiger partial charge in [0.2, 0.25) is 0 Å². The molecule has 22 heavy (non-hydrogen) atoms. The smallest absolute Gasteiger partial charge is 0.333 e. The number of aromatic nitrogens is 1. The first kappa shape index (κ1) is 18.8. The molecule has 1 rings (SSSR count). The van der Waals surface area contributed by atoms with Gasteiger partial charge < -0.3 is 15.0 Å². The first-order valence-corrected chi connectivity index (χ1v) is 8.15. The normalized spacial score (nSPS) is 13.5. The lowest BCUT2D eigenvalue weighted by molar-refractivity contribution is -0.159. The molecule has 0 spiro atoms. The van der Waals surface area contributed by atoms with Crippen molar-refractivity contribution in [3.05, 3.63) is 9.33 Å². The van der Waals surface area contributed by atoms with E-state index in [-0.39, 0.29) is 0 Å². The Morgan fingerprint density at radius 1 is 1.27 bits per heavy atom. The largest absolute Gasteiger partial charge is 0.458 e. The number of esters is 1. The number of hydrogen-bond donors (Lipinski definition) is 3. The molecule has 0 aliphatic rings. The molecular weight excluding hydrogens is 322 g/mol. The number of nitrogens with one attached hydrogen (secondary N) is 3. The van der Waals surface area contributed by atoms with Crippen molar-refractivity contribution in [2.75, 3.05) is 5.32 Å². The molecule has 8 heteroatoms. The zero-order chi connectivity index (χ0) is 17.1. The maximum Gasteiger partial charge on any atom is 0.333 e. The molecule has 1 aromatic heterocycles. The van der Waals surface area contributed by atoms with Crippen LogP contribution in [-0.4, -0.2) is 34.0 Å². The highest BCUT2D eigenvalue weighted by Crippen LogP contribution is 2.14. The van der Waals surface area contributed by atoms with Crippen LogP contribution < -0.4 is 10.6 Å². The molecule has 0 radical (unpaired) electrons. The van der Waals surface area contributed by atoms with Crippen molar-refractivity contribution in [3.63, 3.8) is 0 Å². The van der Waals surface area contributed by atoms with Crippen molar-refractivity contribution >= 4 is 41.2 Å². The molecule has 1 aromatic rings. The fourth-order valence-electron chi connectivity index (χ4n) is 1.57. The predicted molar refractivity (Wildman–Crippen MR) is 90.7 cm³/mol. The Kier molecular flexibility index (Phi) is 5.89. The molecular formula is C14H23N3O3S2. The highest BCUT2D eigenvalue weighted by atomic mass is 32.1. The van der Waals surface area contributed by atoms with Gasteiger partial charge in [-0.15, -0.1) is 11.3 Å². The van der Waals surface area contributed by atoms with Crippen molar-refractivity contribution in [2.45, 2.75) is 58.7 Å². The summed E-state index contributed by atoms with van der Waals surface area (Å²) in [5, 5.41) is 7.30. The van der Waals surface area contributed by atoms with Crippen LogP contribution in [0.25, 0.3) is 0 Å². The molecule has 1 unspecified atom stereocenters. The van der Waals surface area contributed by atoms with Crippen LogP contribution >= 0.6 is 23.6 Å². The molecule has 0 aromatic carbocycles. The van der Waals surface area contributed by atoms with Gasteiger partial charge in [0, 0.05) is 10.9 Å². The number of thiazole rings is 1. The molecule has 3 N–H and O–H groups in total.